The van der Waals surface area contributed by atoms with Crippen LogP contribution in [0.15, 0.2) is 53.6 Å². The standard InChI is InChI=1S/C37H45NO6/c1-9-13-23(14-10-2)32-30-17-15-24(35(40)44-37(5,6)7)21-31(30)38-22-26(34(39)28(11-3)36(41)43-12-4)19-25-20-27(42-8)16-18-29(25)33(32)38/h11,15-21,23H,9-10,12-14,22H2,1-8H3/b28-11-. The number of fused-ring (bicyclic) bond motifs is 5. The Morgan fingerprint density at radius 3 is 2.30 bits per heavy atom. The number of ketones is 1. The minimum atomic E-state index is -0.646. The van der Waals surface area contributed by atoms with Crippen molar-refractivity contribution >= 4 is 34.7 Å². The Bertz CT molecular complexity index is 1630. The van der Waals surface area contributed by atoms with E-state index in [0.29, 0.717) is 16.9 Å². The number of esters is 2. The van der Waals surface area contributed by atoms with Crippen molar-refractivity contribution in [1.82, 2.24) is 4.57 Å². The molecule has 7 nitrogen and oxygen atoms in total. The van der Waals surface area contributed by atoms with E-state index in [2.05, 4.69) is 18.4 Å². The van der Waals surface area contributed by atoms with Gasteiger partial charge in [0.25, 0.3) is 0 Å². The van der Waals surface area contributed by atoms with Crippen molar-refractivity contribution in [1.29, 1.82) is 0 Å². The van der Waals surface area contributed by atoms with Crippen molar-refractivity contribution < 1.29 is 28.6 Å². The zero-order valence-electron chi connectivity index (χ0n) is 27.3. The van der Waals surface area contributed by atoms with E-state index in [9.17, 15) is 14.4 Å². The molecule has 0 N–H and O–H groups in total. The normalized spacial score (nSPS) is 13.2. The van der Waals surface area contributed by atoms with E-state index in [4.69, 9.17) is 14.2 Å². The second-order valence-corrected chi connectivity index (χ2v) is 12.2. The van der Waals surface area contributed by atoms with Crippen LogP contribution in [0.2, 0.25) is 0 Å². The average Bonchev–Trinajstić information content (AvgIpc) is 3.18. The maximum atomic E-state index is 14.0. The van der Waals surface area contributed by atoms with Crippen molar-refractivity contribution in [3.63, 3.8) is 0 Å². The van der Waals surface area contributed by atoms with Gasteiger partial charge in [-0.25, -0.2) is 9.59 Å². The second kappa shape index (κ2) is 13.7. The number of carbonyl (C=O) groups excluding carboxylic acids is 3. The lowest BCUT2D eigenvalue weighted by atomic mass is 9.86. The van der Waals surface area contributed by atoms with Crippen molar-refractivity contribution in [3.05, 3.63) is 70.3 Å². The summed E-state index contributed by atoms with van der Waals surface area (Å²) in [5, 5.41) is 1.05. The molecule has 0 aliphatic carbocycles. The summed E-state index contributed by atoms with van der Waals surface area (Å²) in [6.07, 6.45) is 7.42. The summed E-state index contributed by atoms with van der Waals surface area (Å²) >= 11 is 0. The quantitative estimate of drug-likeness (QED) is 0.0952. The fourth-order valence-corrected chi connectivity index (χ4v) is 6.11. The van der Waals surface area contributed by atoms with Crippen LogP contribution < -0.4 is 4.74 Å². The number of carbonyl (C=O) groups is 3. The van der Waals surface area contributed by atoms with Crippen molar-refractivity contribution in [3.8, 4) is 17.0 Å². The summed E-state index contributed by atoms with van der Waals surface area (Å²) in [4.78, 5) is 40.1. The van der Waals surface area contributed by atoms with Gasteiger partial charge in [-0.2, -0.15) is 0 Å². The lowest BCUT2D eigenvalue weighted by molar-refractivity contribution is -0.139. The predicted molar refractivity (Wildman–Crippen MR) is 175 cm³/mol. The van der Waals surface area contributed by atoms with Crippen LogP contribution in [0.3, 0.4) is 0 Å². The minimum absolute atomic E-state index is 0.00744. The van der Waals surface area contributed by atoms with Crippen LogP contribution in [0.25, 0.3) is 28.2 Å². The molecule has 1 aromatic heterocycles. The number of benzene rings is 2. The van der Waals surface area contributed by atoms with E-state index in [0.717, 1.165) is 53.4 Å². The molecule has 3 aromatic rings. The van der Waals surface area contributed by atoms with Gasteiger partial charge in [-0.15, -0.1) is 0 Å². The molecule has 0 amide bonds. The minimum Gasteiger partial charge on any atom is -0.497 e. The monoisotopic (exact) mass is 599 g/mol. The van der Waals surface area contributed by atoms with E-state index < -0.39 is 23.3 Å². The van der Waals surface area contributed by atoms with Crippen LogP contribution in [-0.4, -0.2) is 41.6 Å². The fraction of sp³-hybridized carbons (Fsp3) is 0.432. The highest BCUT2D eigenvalue weighted by molar-refractivity contribution is 6.25. The first-order chi connectivity index (χ1) is 21.0. The molecule has 0 bridgehead atoms. The summed E-state index contributed by atoms with van der Waals surface area (Å²) in [6.45, 7) is 13.7. The van der Waals surface area contributed by atoms with E-state index in [-0.39, 0.29) is 24.6 Å². The summed E-state index contributed by atoms with van der Waals surface area (Å²) in [5.74, 6) is -0.501. The summed E-state index contributed by atoms with van der Waals surface area (Å²) in [7, 11) is 1.62. The third-order valence-corrected chi connectivity index (χ3v) is 7.91. The molecular formula is C37H45NO6. The van der Waals surface area contributed by atoms with Gasteiger partial charge in [0.15, 0.2) is 5.78 Å². The molecule has 0 fully saturated rings. The molecule has 2 heterocycles. The number of rotatable bonds is 11. The Kier molecular flexibility index (Phi) is 10.2. The molecule has 1 aliphatic heterocycles. The van der Waals surface area contributed by atoms with Gasteiger partial charge in [-0.1, -0.05) is 38.8 Å². The number of aromatic nitrogens is 1. The topological polar surface area (TPSA) is 83.8 Å². The van der Waals surface area contributed by atoms with E-state index in [1.165, 1.54) is 11.6 Å². The van der Waals surface area contributed by atoms with Crippen molar-refractivity contribution in [2.24, 2.45) is 0 Å². The molecule has 0 saturated heterocycles. The number of nitrogens with zero attached hydrogens (tertiary/aromatic N) is 1. The fourth-order valence-electron chi connectivity index (χ4n) is 6.11. The van der Waals surface area contributed by atoms with E-state index in [1.54, 1.807) is 21.0 Å². The summed E-state index contributed by atoms with van der Waals surface area (Å²) < 4.78 is 18.7. The third kappa shape index (κ3) is 6.67. The van der Waals surface area contributed by atoms with Crippen molar-refractivity contribution in [2.45, 2.75) is 92.2 Å². The van der Waals surface area contributed by atoms with Crippen molar-refractivity contribution in [2.75, 3.05) is 13.7 Å². The highest BCUT2D eigenvalue weighted by Gasteiger charge is 2.31. The van der Waals surface area contributed by atoms with Crippen LogP contribution in [0.1, 0.15) is 102 Å². The van der Waals surface area contributed by atoms with Gasteiger partial charge in [0.05, 0.1) is 31.5 Å². The largest absolute Gasteiger partial charge is 0.497 e. The van der Waals surface area contributed by atoms with Gasteiger partial charge in [-0.05, 0) is 101 Å². The van der Waals surface area contributed by atoms with Gasteiger partial charge in [0.1, 0.15) is 16.9 Å². The molecule has 4 rings (SSSR count). The molecule has 1 aliphatic rings. The first-order valence-electron chi connectivity index (χ1n) is 15.6. The number of hydrogen-bond acceptors (Lipinski definition) is 6. The maximum absolute atomic E-state index is 14.0. The Labute approximate surface area is 260 Å². The van der Waals surface area contributed by atoms with Crippen LogP contribution in [0.4, 0.5) is 0 Å². The zero-order valence-corrected chi connectivity index (χ0v) is 27.3. The smallest absolute Gasteiger partial charge is 0.341 e. The molecule has 7 heteroatoms. The first kappa shape index (κ1) is 32.8. The lowest BCUT2D eigenvalue weighted by Gasteiger charge is -2.20. The Morgan fingerprint density at radius 1 is 1.00 bits per heavy atom. The Morgan fingerprint density at radius 2 is 1.70 bits per heavy atom. The maximum Gasteiger partial charge on any atom is 0.341 e. The highest BCUT2D eigenvalue weighted by atomic mass is 16.6. The molecule has 0 saturated carbocycles. The molecule has 0 radical (unpaired) electrons. The SMILES string of the molecule is C/C=C(\C(=O)OCC)C(=O)C1=Cc2cc(OC)ccc2-c2c(C(CCC)CCC)c3ccc(C(=O)OC(C)(C)C)cc3n2C1. The first-order valence-corrected chi connectivity index (χ1v) is 15.6. The lowest BCUT2D eigenvalue weighted by Crippen LogP contribution is -2.23. The van der Waals surface area contributed by atoms with Crippen LogP contribution in [-0.2, 0) is 25.6 Å². The molecule has 44 heavy (non-hydrogen) atoms. The number of hydrogen-bond donors (Lipinski definition) is 0. The Hall–Kier alpha value is -4.13. The molecule has 0 unspecified atom stereocenters. The van der Waals surface area contributed by atoms with Gasteiger partial charge in [-0.3, -0.25) is 4.79 Å². The number of Topliss-reactive ketones (excluding diaryl/α,β-unsaturated/α-hetero) is 1. The van der Waals surface area contributed by atoms with Gasteiger partial charge in [0.2, 0.25) is 0 Å². The summed E-state index contributed by atoms with van der Waals surface area (Å²) in [5.41, 5.74) is 5.10. The van der Waals surface area contributed by atoms with Crippen LogP contribution in [0, 0.1) is 0 Å². The summed E-state index contributed by atoms with van der Waals surface area (Å²) in [6, 6.07) is 11.6. The average molecular weight is 600 g/mol. The van der Waals surface area contributed by atoms with Gasteiger partial charge in [0, 0.05) is 22.0 Å². The second-order valence-electron chi connectivity index (χ2n) is 12.2. The zero-order chi connectivity index (χ0) is 32.2. The molecule has 2 aromatic carbocycles. The molecule has 0 spiro atoms. The molecule has 234 valence electrons. The molecular weight excluding hydrogens is 554 g/mol. The number of methoxy groups -OCH3 is 1. The molecule has 0 atom stereocenters. The van der Waals surface area contributed by atoms with Gasteiger partial charge < -0.3 is 18.8 Å². The van der Waals surface area contributed by atoms with Crippen LogP contribution >= 0.6 is 0 Å². The van der Waals surface area contributed by atoms with E-state index in [1.807, 2.05) is 63.2 Å². The third-order valence-electron chi connectivity index (χ3n) is 7.91. The number of ether oxygens (including phenoxy) is 3. The highest BCUT2D eigenvalue weighted by Crippen LogP contribution is 2.46. The van der Waals surface area contributed by atoms with E-state index >= 15 is 0 Å². The van der Waals surface area contributed by atoms with Gasteiger partial charge >= 0.3 is 11.9 Å². The number of allylic oxidation sites excluding steroid dienone is 2. The van der Waals surface area contributed by atoms with Crippen LogP contribution in [0.5, 0.6) is 5.75 Å². The predicted octanol–water partition coefficient (Wildman–Crippen LogP) is 8.43. The Balaban J connectivity index is 2.06.